The molecule has 0 fully saturated rings. The molecule has 3 heteroatoms. The van der Waals surface area contributed by atoms with E-state index in [1.54, 1.807) is 0 Å². The summed E-state index contributed by atoms with van der Waals surface area (Å²) in [5, 5.41) is 13.0. The fraction of sp³-hybridized carbons (Fsp3) is 1.00. The van der Waals surface area contributed by atoms with E-state index in [0.29, 0.717) is 19.2 Å². The lowest BCUT2D eigenvalue weighted by Crippen LogP contribution is -2.38. The van der Waals surface area contributed by atoms with Crippen LogP contribution < -0.4 is 5.32 Å². The third-order valence-corrected chi connectivity index (χ3v) is 2.34. The van der Waals surface area contributed by atoms with Gasteiger partial charge in [0, 0.05) is 12.6 Å². The van der Waals surface area contributed by atoms with Crippen LogP contribution in [0.4, 0.5) is 0 Å². The van der Waals surface area contributed by atoms with Crippen LogP contribution in [0.3, 0.4) is 0 Å². The number of nitrogens with one attached hydrogen (secondary N) is 1. The highest BCUT2D eigenvalue weighted by Gasteiger charge is 2.14. The van der Waals surface area contributed by atoms with Crippen molar-refractivity contribution in [2.24, 2.45) is 0 Å². The van der Waals surface area contributed by atoms with E-state index < -0.39 is 6.10 Å². The van der Waals surface area contributed by atoms with E-state index in [-0.39, 0.29) is 5.60 Å². The van der Waals surface area contributed by atoms with Gasteiger partial charge in [-0.3, -0.25) is 0 Å². The zero-order valence-electron chi connectivity index (χ0n) is 10.8. The van der Waals surface area contributed by atoms with Gasteiger partial charge in [-0.25, -0.2) is 0 Å². The largest absolute Gasteiger partial charge is 0.389 e. The van der Waals surface area contributed by atoms with Crippen molar-refractivity contribution in [3.8, 4) is 0 Å². The van der Waals surface area contributed by atoms with Gasteiger partial charge < -0.3 is 15.2 Å². The Morgan fingerprint density at radius 2 is 1.73 bits per heavy atom. The van der Waals surface area contributed by atoms with Gasteiger partial charge in [0.05, 0.1) is 18.3 Å². The summed E-state index contributed by atoms with van der Waals surface area (Å²) in [6, 6.07) is 0.509. The molecule has 2 N–H and O–H groups in total. The molecule has 0 aromatic heterocycles. The molecule has 0 aliphatic heterocycles. The average molecular weight is 217 g/mol. The zero-order valence-corrected chi connectivity index (χ0v) is 10.8. The molecule has 0 heterocycles. The van der Waals surface area contributed by atoms with E-state index in [1.807, 2.05) is 20.8 Å². The molecule has 0 aliphatic rings. The first kappa shape index (κ1) is 14.9. The molecule has 0 saturated carbocycles. The van der Waals surface area contributed by atoms with E-state index in [2.05, 4.69) is 19.2 Å². The predicted octanol–water partition coefficient (Wildman–Crippen LogP) is 1.94. The predicted molar refractivity (Wildman–Crippen MR) is 64.1 cm³/mol. The smallest absolute Gasteiger partial charge is 0.0898 e. The van der Waals surface area contributed by atoms with Gasteiger partial charge in [-0.2, -0.15) is 0 Å². The van der Waals surface area contributed by atoms with Crippen LogP contribution in [0.25, 0.3) is 0 Å². The number of aliphatic hydroxyl groups is 1. The van der Waals surface area contributed by atoms with Crippen LogP contribution in [0.2, 0.25) is 0 Å². The molecule has 0 amide bonds. The highest BCUT2D eigenvalue weighted by atomic mass is 16.5. The summed E-state index contributed by atoms with van der Waals surface area (Å²) in [5.41, 5.74) is -0.171. The Bertz CT molecular complexity index is 150. The molecule has 3 nitrogen and oxygen atoms in total. The molecular formula is C12H27NO2. The van der Waals surface area contributed by atoms with Gasteiger partial charge in [0.2, 0.25) is 0 Å². The number of hydrogen-bond donors (Lipinski definition) is 2. The number of aliphatic hydroxyl groups excluding tert-OH is 1. The molecule has 92 valence electrons. The maximum atomic E-state index is 9.66. The Labute approximate surface area is 94.2 Å². The molecule has 0 radical (unpaired) electrons. The van der Waals surface area contributed by atoms with Crippen molar-refractivity contribution in [1.82, 2.24) is 5.32 Å². The Hall–Kier alpha value is -0.120. The summed E-state index contributed by atoms with van der Waals surface area (Å²) in [6.45, 7) is 11.3. The monoisotopic (exact) mass is 217 g/mol. The highest BCUT2D eigenvalue weighted by Crippen LogP contribution is 2.07. The minimum Gasteiger partial charge on any atom is -0.389 e. The fourth-order valence-electron chi connectivity index (χ4n) is 1.29. The SMILES string of the molecule is CCC(CC)NCC(O)COC(C)(C)C. The average Bonchev–Trinajstić information content (AvgIpc) is 2.15. The molecule has 0 aromatic rings. The second kappa shape index (κ2) is 7.20. The van der Waals surface area contributed by atoms with Gasteiger partial charge in [-0.1, -0.05) is 13.8 Å². The third-order valence-electron chi connectivity index (χ3n) is 2.34. The molecule has 1 atom stereocenters. The number of hydrogen-bond acceptors (Lipinski definition) is 3. The fourth-order valence-corrected chi connectivity index (χ4v) is 1.29. The lowest BCUT2D eigenvalue weighted by atomic mass is 10.1. The van der Waals surface area contributed by atoms with Crippen molar-refractivity contribution in [2.75, 3.05) is 13.2 Å². The van der Waals surface area contributed by atoms with Gasteiger partial charge >= 0.3 is 0 Å². The van der Waals surface area contributed by atoms with Crippen molar-refractivity contribution in [3.05, 3.63) is 0 Å². The summed E-state index contributed by atoms with van der Waals surface area (Å²) in [6.07, 6.45) is 1.79. The van der Waals surface area contributed by atoms with Gasteiger partial charge in [0.25, 0.3) is 0 Å². The lowest BCUT2D eigenvalue weighted by Gasteiger charge is -2.23. The highest BCUT2D eigenvalue weighted by molar-refractivity contribution is 4.68. The first-order valence-corrected chi connectivity index (χ1v) is 5.94. The van der Waals surface area contributed by atoms with Gasteiger partial charge in [0.1, 0.15) is 0 Å². The van der Waals surface area contributed by atoms with Crippen LogP contribution in [0, 0.1) is 0 Å². The molecule has 0 bridgehead atoms. The van der Waals surface area contributed by atoms with E-state index in [1.165, 1.54) is 0 Å². The van der Waals surface area contributed by atoms with Crippen LogP contribution in [-0.2, 0) is 4.74 Å². The summed E-state index contributed by atoms with van der Waals surface area (Å²) in [5.74, 6) is 0. The topological polar surface area (TPSA) is 41.5 Å². The standard InChI is InChI=1S/C12H27NO2/c1-6-10(7-2)13-8-11(14)9-15-12(3,4)5/h10-11,13-14H,6-9H2,1-5H3. The summed E-state index contributed by atoms with van der Waals surface area (Å²) in [4.78, 5) is 0. The summed E-state index contributed by atoms with van der Waals surface area (Å²) < 4.78 is 5.50. The molecule has 1 unspecified atom stereocenters. The molecule has 0 aromatic carbocycles. The molecule has 0 saturated heterocycles. The normalized spacial score (nSPS) is 14.6. The summed E-state index contributed by atoms with van der Waals surface area (Å²) >= 11 is 0. The van der Waals surface area contributed by atoms with Crippen molar-refractivity contribution >= 4 is 0 Å². The van der Waals surface area contributed by atoms with Gasteiger partial charge in [-0.15, -0.1) is 0 Å². The second-order valence-electron chi connectivity index (χ2n) is 5.00. The van der Waals surface area contributed by atoms with Crippen LogP contribution in [0.15, 0.2) is 0 Å². The first-order chi connectivity index (χ1) is 6.89. The maximum absolute atomic E-state index is 9.66. The van der Waals surface area contributed by atoms with E-state index in [4.69, 9.17) is 4.74 Å². The number of rotatable bonds is 7. The van der Waals surface area contributed by atoms with Crippen molar-refractivity contribution < 1.29 is 9.84 Å². The van der Waals surface area contributed by atoms with Crippen LogP contribution in [0.1, 0.15) is 47.5 Å². The second-order valence-corrected chi connectivity index (χ2v) is 5.00. The first-order valence-electron chi connectivity index (χ1n) is 5.94. The van der Waals surface area contributed by atoms with Crippen molar-refractivity contribution in [1.29, 1.82) is 0 Å². The quantitative estimate of drug-likeness (QED) is 0.685. The maximum Gasteiger partial charge on any atom is 0.0898 e. The zero-order chi connectivity index (χ0) is 11.9. The molecule has 0 rings (SSSR count). The van der Waals surface area contributed by atoms with Crippen LogP contribution in [-0.4, -0.2) is 36.0 Å². The Kier molecular flexibility index (Phi) is 7.14. The minimum atomic E-state index is -0.412. The lowest BCUT2D eigenvalue weighted by molar-refractivity contribution is -0.0484. The summed E-state index contributed by atoms with van der Waals surface area (Å²) in [7, 11) is 0. The molecule has 0 spiro atoms. The van der Waals surface area contributed by atoms with Gasteiger partial charge in [0.15, 0.2) is 0 Å². The van der Waals surface area contributed by atoms with Crippen LogP contribution in [0.5, 0.6) is 0 Å². The Morgan fingerprint density at radius 3 is 2.13 bits per heavy atom. The molecule has 0 aliphatic carbocycles. The molecule has 15 heavy (non-hydrogen) atoms. The van der Waals surface area contributed by atoms with E-state index >= 15 is 0 Å². The van der Waals surface area contributed by atoms with E-state index in [9.17, 15) is 5.11 Å². The van der Waals surface area contributed by atoms with E-state index in [0.717, 1.165) is 12.8 Å². The molecular weight excluding hydrogens is 190 g/mol. The van der Waals surface area contributed by atoms with Crippen LogP contribution >= 0.6 is 0 Å². The third kappa shape index (κ3) is 8.85. The Morgan fingerprint density at radius 1 is 1.20 bits per heavy atom. The van der Waals surface area contributed by atoms with Crippen molar-refractivity contribution in [2.45, 2.75) is 65.2 Å². The Balaban J connectivity index is 3.61. The minimum absolute atomic E-state index is 0.171. The van der Waals surface area contributed by atoms with Gasteiger partial charge in [-0.05, 0) is 33.6 Å². The van der Waals surface area contributed by atoms with Crippen molar-refractivity contribution in [3.63, 3.8) is 0 Å². The number of ether oxygens (including phenoxy) is 1.